The molecule has 0 spiro atoms. The van der Waals surface area contributed by atoms with Gasteiger partial charge in [-0.25, -0.2) is 5.10 Å². The topological polar surface area (TPSA) is 73.7 Å². The fourth-order valence-electron chi connectivity index (χ4n) is 3.09. The van der Waals surface area contributed by atoms with Gasteiger partial charge in [0.05, 0.1) is 20.4 Å². The Morgan fingerprint density at radius 3 is 2.59 bits per heavy atom. The van der Waals surface area contributed by atoms with Crippen LogP contribution in [-0.2, 0) is 6.61 Å². The third-order valence-electron chi connectivity index (χ3n) is 4.73. The molecule has 4 rings (SSSR count). The molecule has 1 heterocycles. The first-order valence-electron chi connectivity index (χ1n) is 9.89. The number of hydrogen-bond acceptors (Lipinski definition) is 6. The Bertz CT molecular complexity index is 1280. The van der Waals surface area contributed by atoms with Gasteiger partial charge in [-0.1, -0.05) is 42.5 Å². The molecule has 7 nitrogen and oxygen atoms in total. The van der Waals surface area contributed by atoms with Gasteiger partial charge >= 0.3 is 0 Å². The van der Waals surface area contributed by atoms with E-state index in [1.807, 2.05) is 72.8 Å². The smallest absolute Gasteiger partial charge is 0.216 e. The number of rotatable bonds is 8. The van der Waals surface area contributed by atoms with E-state index in [0.29, 0.717) is 28.7 Å². The minimum Gasteiger partial charge on any atom is -0.497 e. The third kappa shape index (κ3) is 4.87. The van der Waals surface area contributed by atoms with E-state index >= 15 is 0 Å². The average molecular weight is 447 g/mol. The van der Waals surface area contributed by atoms with Crippen molar-refractivity contribution in [3.63, 3.8) is 0 Å². The van der Waals surface area contributed by atoms with Gasteiger partial charge in [-0.2, -0.15) is 14.9 Å². The number of nitrogens with zero attached hydrogens (tertiary/aromatic N) is 3. The van der Waals surface area contributed by atoms with Crippen LogP contribution in [0.5, 0.6) is 17.2 Å². The molecule has 0 saturated heterocycles. The largest absolute Gasteiger partial charge is 0.497 e. The monoisotopic (exact) mass is 446 g/mol. The minimum atomic E-state index is 0.383. The predicted molar refractivity (Wildman–Crippen MR) is 126 cm³/mol. The van der Waals surface area contributed by atoms with Crippen LogP contribution in [0.1, 0.15) is 11.1 Å². The van der Waals surface area contributed by atoms with E-state index < -0.39 is 0 Å². The Kier molecular flexibility index (Phi) is 6.62. The second kappa shape index (κ2) is 9.93. The van der Waals surface area contributed by atoms with Crippen molar-refractivity contribution in [1.82, 2.24) is 14.9 Å². The maximum absolute atomic E-state index is 5.92. The van der Waals surface area contributed by atoms with Crippen LogP contribution >= 0.6 is 12.2 Å². The molecule has 0 aliphatic heterocycles. The standard InChI is InChI=1S/C24H22N4O3S/c1-29-20-10-6-9-19(14-20)23-26-27-24(32)28(23)25-15-18-11-12-21(22(13-18)30-2)31-16-17-7-4-3-5-8-17/h3-15H,16H2,1-2H3,(H,27,32)/b25-15-. The summed E-state index contributed by atoms with van der Waals surface area (Å²) in [5.41, 5.74) is 2.74. The lowest BCUT2D eigenvalue weighted by molar-refractivity contribution is 0.284. The number of hydrogen-bond donors (Lipinski definition) is 1. The molecule has 0 aliphatic rings. The Hall–Kier alpha value is -3.91. The molecule has 0 amide bonds. The molecule has 0 saturated carbocycles. The molecule has 3 aromatic carbocycles. The van der Waals surface area contributed by atoms with Gasteiger partial charge in [0.1, 0.15) is 12.4 Å². The van der Waals surface area contributed by atoms with Crippen LogP contribution in [0.4, 0.5) is 0 Å². The van der Waals surface area contributed by atoms with Gasteiger partial charge in [-0.3, -0.25) is 0 Å². The molecule has 162 valence electrons. The maximum atomic E-state index is 5.92. The van der Waals surface area contributed by atoms with Gasteiger partial charge in [0, 0.05) is 5.56 Å². The molecule has 0 radical (unpaired) electrons. The van der Waals surface area contributed by atoms with Crippen molar-refractivity contribution in [1.29, 1.82) is 0 Å². The molecular weight excluding hydrogens is 424 g/mol. The fraction of sp³-hybridized carbons (Fsp3) is 0.125. The summed E-state index contributed by atoms with van der Waals surface area (Å²) in [5.74, 6) is 2.59. The quantitative estimate of drug-likeness (QED) is 0.302. The molecule has 0 aliphatic carbocycles. The van der Waals surface area contributed by atoms with Crippen molar-refractivity contribution in [3.8, 4) is 28.6 Å². The highest BCUT2D eigenvalue weighted by molar-refractivity contribution is 7.71. The molecule has 4 aromatic rings. The van der Waals surface area contributed by atoms with Crippen molar-refractivity contribution in [3.05, 3.63) is 88.7 Å². The number of aromatic nitrogens is 3. The summed E-state index contributed by atoms with van der Waals surface area (Å²) >= 11 is 5.36. The van der Waals surface area contributed by atoms with Crippen LogP contribution in [0, 0.1) is 4.77 Å². The summed E-state index contributed by atoms with van der Waals surface area (Å²) in [4.78, 5) is 0. The Labute approximate surface area is 190 Å². The zero-order valence-corrected chi connectivity index (χ0v) is 18.5. The highest BCUT2D eigenvalue weighted by atomic mass is 32.1. The van der Waals surface area contributed by atoms with Crippen molar-refractivity contribution < 1.29 is 14.2 Å². The molecule has 0 atom stereocenters. The van der Waals surface area contributed by atoms with Crippen molar-refractivity contribution in [2.75, 3.05) is 14.2 Å². The molecular formula is C24H22N4O3S. The lowest BCUT2D eigenvalue weighted by atomic mass is 10.2. The van der Waals surface area contributed by atoms with E-state index in [4.69, 9.17) is 26.4 Å². The molecule has 0 fully saturated rings. The number of benzene rings is 3. The molecule has 1 aromatic heterocycles. The minimum absolute atomic E-state index is 0.383. The van der Waals surface area contributed by atoms with E-state index in [1.165, 1.54) is 0 Å². The van der Waals surface area contributed by atoms with Crippen LogP contribution in [0.25, 0.3) is 11.4 Å². The van der Waals surface area contributed by atoms with E-state index in [0.717, 1.165) is 22.4 Å². The van der Waals surface area contributed by atoms with Gasteiger partial charge in [0.2, 0.25) is 4.77 Å². The summed E-state index contributed by atoms with van der Waals surface area (Å²) in [5, 5.41) is 11.6. The van der Waals surface area contributed by atoms with Crippen molar-refractivity contribution in [2.24, 2.45) is 5.10 Å². The first-order valence-corrected chi connectivity index (χ1v) is 10.3. The van der Waals surface area contributed by atoms with E-state index in [2.05, 4.69) is 15.3 Å². The first kappa shape index (κ1) is 21.3. The second-order valence-electron chi connectivity index (χ2n) is 6.83. The summed E-state index contributed by atoms with van der Waals surface area (Å²) in [6, 6.07) is 23.1. The Balaban J connectivity index is 1.56. The van der Waals surface area contributed by atoms with Gasteiger partial charge in [-0.05, 0) is 53.7 Å². The average Bonchev–Trinajstić information content (AvgIpc) is 3.22. The fourth-order valence-corrected chi connectivity index (χ4v) is 3.27. The molecule has 1 N–H and O–H groups in total. The number of H-pyrrole nitrogens is 1. The maximum Gasteiger partial charge on any atom is 0.216 e. The van der Waals surface area contributed by atoms with E-state index in [-0.39, 0.29) is 0 Å². The van der Waals surface area contributed by atoms with Crippen molar-refractivity contribution >= 4 is 18.4 Å². The number of aromatic amines is 1. The third-order valence-corrected chi connectivity index (χ3v) is 4.99. The first-order chi connectivity index (χ1) is 15.7. The van der Waals surface area contributed by atoms with Crippen molar-refractivity contribution in [2.45, 2.75) is 6.61 Å². The molecule has 0 bridgehead atoms. The summed E-state index contributed by atoms with van der Waals surface area (Å²) in [7, 11) is 3.23. The predicted octanol–water partition coefficient (Wildman–Crippen LogP) is 5.09. The number of nitrogens with one attached hydrogen (secondary N) is 1. The lowest BCUT2D eigenvalue weighted by Gasteiger charge is -2.11. The highest BCUT2D eigenvalue weighted by Crippen LogP contribution is 2.28. The van der Waals surface area contributed by atoms with Gasteiger partial charge in [-0.15, -0.1) is 0 Å². The van der Waals surface area contributed by atoms with Crippen LogP contribution < -0.4 is 14.2 Å². The normalized spacial score (nSPS) is 10.9. The lowest BCUT2D eigenvalue weighted by Crippen LogP contribution is -1.99. The zero-order chi connectivity index (χ0) is 22.3. The summed E-state index contributed by atoms with van der Waals surface area (Å²) in [6.45, 7) is 0.457. The highest BCUT2D eigenvalue weighted by Gasteiger charge is 2.10. The van der Waals surface area contributed by atoms with Crippen LogP contribution in [0.2, 0.25) is 0 Å². The van der Waals surface area contributed by atoms with Gasteiger partial charge in [0.25, 0.3) is 0 Å². The zero-order valence-electron chi connectivity index (χ0n) is 17.7. The van der Waals surface area contributed by atoms with Gasteiger partial charge < -0.3 is 14.2 Å². The molecule has 32 heavy (non-hydrogen) atoms. The Morgan fingerprint density at radius 1 is 0.969 bits per heavy atom. The van der Waals surface area contributed by atoms with Crippen LogP contribution in [-0.4, -0.2) is 35.3 Å². The molecule has 8 heteroatoms. The molecule has 0 unspecified atom stereocenters. The van der Waals surface area contributed by atoms with Crippen LogP contribution in [0.3, 0.4) is 0 Å². The number of methoxy groups -OCH3 is 2. The summed E-state index contributed by atoms with van der Waals surface area (Å²) in [6.07, 6.45) is 1.69. The van der Waals surface area contributed by atoms with E-state index in [1.54, 1.807) is 25.1 Å². The summed E-state index contributed by atoms with van der Waals surface area (Å²) < 4.78 is 18.7. The SMILES string of the molecule is COc1cccc(-c2n[nH]c(=S)n2/N=C\c2ccc(OCc3ccccc3)c(OC)c2)c1. The van der Waals surface area contributed by atoms with Crippen LogP contribution in [0.15, 0.2) is 77.9 Å². The number of ether oxygens (including phenoxy) is 3. The van der Waals surface area contributed by atoms with Gasteiger partial charge in [0.15, 0.2) is 17.3 Å². The Morgan fingerprint density at radius 2 is 1.81 bits per heavy atom. The second-order valence-corrected chi connectivity index (χ2v) is 7.21. The van der Waals surface area contributed by atoms with E-state index in [9.17, 15) is 0 Å².